The van der Waals surface area contributed by atoms with Crippen molar-refractivity contribution in [1.82, 2.24) is 10.3 Å². The first-order chi connectivity index (χ1) is 13.3. The first-order valence-electron chi connectivity index (χ1n) is 8.25. The highest BCUT2D eigenvalue weighted by Gasteiger charge is 2.35. The molecule has 1 aliphatic heterocycles. The summed E-state index contributed by atoms with van der Waals surface area (Å²) in [6.07, 6.45) is 0.944. The van der Waals surface area contributed by atoms with E-state index in [1.165, 1.54) is 23.1 Å². The number of benzene rings is 2. The van der Waals surface area contributed by atoms with E-state index >= 15 is 0 Å². The molecule has 1 aliphatic rings. The van der Waals surface area contributed by atoms with Crippen LogP contribution in [-0.2, 0) is 4.79 Å². The number of anilines is 1. The Morgan fingerprint density at radius 1 is 1.07 bits per heavy atom. The molecular formula is C18H14Cl2F3N3O2. The van der Waals surface area contributed by atoms with Gasteiger partial charge in [-0.1, -0.05) is 23.2 Å². The molecule has 1 fully saturated rings. The predicted molar refractivity (Wildman–Crippen MR) is 98.6 cm³/mol. The number of rotatable bonds is 4. The summed E-state index contributed by atoms with van der Waals surface area (Å²) < 4.78 is 39.9. The van der Waals surface area contributed by atoms with Gasteiger partial charge in [0.1, 0.15) is 6.04 Å². The van der Waals surface area contributed by atoms with Crippen LogP contribution in [0.2, 0.25) is 10.0 Å². The molecule has 1 saturated heterocycles. The summed E-state index contributed by atoms with van der Waals surface area (Å²) in [5.41, 5.74) is 4.15. The minimum absolute atomic E-state index is 0.161. The normalized spacial score (nSPS) is 16.2. The molecule has 2 amide bonds. The van der Waals surface area contributed by atoms with Crippen molar-refractivity contribution >= 4 is 40.7 Å². The molecule has 0 bridgehead atoms. The molecule has 0 unspecified atom stereocenters. The second kappa shape index (κ2) is 8.28. The van der Waals surface area contributed by atoms with Gasteiger partial charge in [-0.3, -0.25) is 20.4 Å². The highest BCUT2D eigenvalue weighted by molar-refractivity contribution is 6.35. The fourth-order valence-electron chi connectivity index (χ4n) is 2.93. The molecule has 148 valence electrons. The van der Waals surface area contributed by atoms with E-state index < -0.39 is 41.0 Å². The minimum Gasteiger partial charge on any atom is -0.327 e. The Morgan fingerprint density at radius 2 is 1.82 bits per heavy atom. The third-order valence-corrected chi connectivity index (χ3v) is 4.90. The molecule has 0 saturated carbocycles. The molecule has 28 heavy (non-hydrogen) atoms. The number of hydrogen-bond acceptors (Lipinski definition) is 3. The Labute approximate surface area is 168 Å². The molecule has 2 N–H and O–H groups in total. The number of nitrogens with one attached hydrogen (secondary N) is 2. The van der Waals surface area contributed by atoms with Crippen LogP contribution in [0.4, 0.5) is 18.9 Å². The van der Waals surface area contributed by atoms with Crippen molar-refractivity contribution in [3.8, 4) is 0 Å². The number of hydrogen-bond donors (Lipinski definition) is 2. The molecule has 10 heteroatoms. The number of carbonyl (C=O) groups excluding carboxylic acids is 2. The number of hydrazine groups is 1. The maximum atomic E-state index is 13.7. The predicted octanol–water partition coefficient (Wildman–Crippen LogP) is 4.16. The lowest BCUT2D eigenvalue weighted by Gasteiger charge is -2.24. The van der Waals surface area contributed by atoms with Crippen LogP contribution in [0.5, 0.6) is 0 Å². The molecule has 1 atom stereocenters. The Balaban J connectivity index is 1.72. The van der Waals surface area contributed by atoms with E-state index in [1.807, 2.05) is 0 Å². The number of amides is 2. The molecule has 0 spiro atoms. The van der Waals surface area contributed by atoms with Crippen LogP contribution in [0.15, 0.2) is 30.3 Å². The SMILES string of the molecule is O=C(NNc1ccc(F)c(F)c1F)[C@@H]1CCCN1C(=O)c1cc(Cl)ccc1Cl. The van der Waals surface area contributed by atoms with E-state index in [0.29, 0.717) is 24.4 Å². The molecule has 1 heterocycles. The highest BCUT2D eigenvalue weighted by Crippen LogP contribution is 2.26. The van der Waals surface area contributed by atoms with Crippen LogP contribution in [0.25, 0.3) is 0 Å². The topological polar surface area (TPSA) is 61.4 Å². The standard InChI is InChI=1S/C18H14Cl2F3N3O2/c19-9-3-4-11(20)10(8-9)18(28)26-7-1-2-14(26)17(27)25-24-13-6-5-12(21)15(22)16(13)23/h3-6,8,14,24H,1-2,7H2,(H,25,27)/t14-/m0/s1. The number of carbonyl (C=O) groups is 2. The van der Waals surface area contributed by atoms with E-state index in [-0.39, 0.29) is 10.6 Å². The Bertz CT molecular complexity index is 943. The van der Waals surface area contributed by atoms with Crippen molar-refractivity contribution in [2.45, 2.75) is 18.9 Å². The monoisotopic (exact) mass is 431 g/mol. The first kappa shape index (κ1) is 20.3. The second-order valence-corrected chi connectivity index (χ2v) is 6.96. The molecule has 0 aromatic heterocycles. The van der Waals surface area contributed by atoms with Gasteiger partial charge in [0.05, 0.1) is 16.3 Å². The summed E-state index contributed by atoms with van der Waals surface area (Å²) in [7, 11) is 0. The number of likely N-dealkylation sites (tertiary alicyclic amines) is 1. The van der Waals surface area contributed by atoms with Crippen molar-refractivity contribution in [2.75, 3.05) is 12.0 Å². The first-order valence-corrected chi connectivity index (χ1v) is 9.00. The van der Waals surface area contributed by atoms with Gasteiger partial charge in [0.25, 0.3) is 11.8 Å². The lowest BCUT2D eigenvalue weighted by Crippen LogP contribution is -2.47. The van der Waals surface area contributed by atoms with Gasteiger partial charge < -0.3 is 4.90 Å². The number of halogens is 5. The quantitative estimate of drug-likeness (QED) is 0.564. The summed E-state index contributed by atoms with van der Waals surface area (Å²) in [4.78, 5) is 26.6. The van der Waals surface area contributed by atoms with E-state index in [4.69, 9.17) is 23.2 Å². The van der Waals surface area contributed by atoms with E-state index in [0.717, 1.165) is 12.1 Å². The van der Waals surface area contributed by atoms with Gasteiger partial charge >= 0.3 is 0 Å². The van der Waals surface area contributed by atoms with Gasteiger partial charge in [0.15, 0.2) is 17.5 Å². The van der Waals surface area contributed by atoms with Gasteiger partial charge in [-0.05, 0) is 43.2 Å². The van der Waals surface area contributed by atoms with Crippen molar-refractivity contribution in [1.29, 1.82) is 0 Å². The molecule has 5 nitrogen and oxygen atoms in total. The van der Waals surface area contributed by atoms with E-state index in [1.54, 1.807) is 0 Å². The third kappa shape index (κ3) is 4.02. The van der Waals surface area contributed by atoms with Crippen LogP contribution < -0.4 is 10.9 Å². The second-order valence-electron chi connectivity index (χ2n) is 6.12. The van der Waals surface area contributed by atoms with Gasteiger partial charge in [-0.15, -0.1) is 0 Å². The van der Waals surface area contributed by atoms with E-state index in [9.17, 15) is 22.8 Å². The fourth-order valence-corrected chi connectivity index (χ4v) is 3.30. The Hall–Kier alpha value is -2.45. The molecular weight excluding hydrogens is 418 g/mol. The van der Waals surface area contributed by atoms with Gasteiger partial charge in [-0.25, -0.2) is 13.2 Å². The summed E-state index contributed by atoms with van der Waals surface area (Å²) in [5, 5.41) is 0.519. The van der Waals surface area contributed by atoms with Crippen LogP contribution in [0.3, 0.4) is 0 Å². The fraction of sp³-hybridized carbons (Fsp3) is 0.222. The Morgan fingerprint density at radius 3 is 2.57 bits per heavy atom. The zero-order chi connectivity index (χ0) is 20.4. The largest absolute Gasteiger partial charge is 0.327 e. The van der Waals surface area contributed by atoms with Gasteiger partial charge in [0, 0.05) is 11.6 Å². The number of nitrogens with zero attached hydrogens (tertiary/aromatic N) is 1. The summed E-state index contributed by atoms with van der Waals surface area (Å²) in [6.45, 7) is 0.319. The van der Waals surface area contributed by atoms with Crippen LogP contribution in [0, 0.1) is 17.5 Å². The highest BCUT2D eigenvalue weighted by atomic mass is 35.5. The molecule has 0 radical (unpaired) electrons. The zero-order valence-electron chi connectivity index (χ0n) is 14.2. The van der Waals surface area contributed by atoms with Crippen molar-refractivity contribution in [2.24, 2.45) is 0 Å². The maximum Gasteiger partial charge on any atom is 0.261 e. The van der Waals surface area contributed by atoms with Gasteiger partial charge in [-0.2, -0.15) is 0 Å². The minimum atomic E-state index is -1.66. The third-order valence-electron chi connectivity index (χ3n) is 4.33. The van der Waals surface area contributed by atoms with Crippen LogP contribution in [0.1, 0.15) is 23.2 Å². The average Bonchev–Trinajstić information content (AvgIpc) is 3.16. The van der Waals surface area contributed by atoms with E-state index in [2.05, 4.69) is 10.9 Å². The van der Waals surface area contributed by atoms with Crippen molar-refractivity contribution in [3.63, 3.8) is 0 Å². The lowest BCUT2D eigenvalue weighted by molar-refractivity contribution is -0.124. The van der Waals surface area contributed by atoms with Gasteiger partial charge in [0.2, 0.25) is 0 Å². The average molecular weight is 432 g/mol. The summed E-state index contributed by atoms with van der Waals surface area (Å²) in [6, 6.07) is 5.25. The molecule has 2 aromatic rings. The zero-order valence-corrected chi connectivity index (χ0v) is 15.8. The van der Waals surface area contributed by atoms with Crippen molar-refractivity contribution < 1.29 is 22.8 Å². The summed E-state index contributed by atoms with van der Waals surface area (Å²) >= 11 is 12.0. The molecule has 2 aromatic carbocycles. The maximum absolute atomic E-state index is 13.7. The van der Waals surface area contributed by atoms with Crippen molar-refractivity contribution in [3.05, 3.63) is 63.4 Å². The van der Waals surface area contributed by atoms with Crippen LogP contribution >= 0.6 is 23.2 Å². The summed E-state index contributed by atoms with van der Waals surface area (Å²) in [5.74, 6) is -5.57. The molecule has 0 aliphatic carbocycles. The lowest BCUT2D eigenvalue weighted by atomic mass is 10.1. The van der Waals surface area contributed by atoms with Crippen LogP contribution in [-0.4, -0.2) is 29.3 Å². The smallest absolute Gasteiger partial charge is 0.261 e. The Kier molecular flexibility index (Phi) is 6.00. The molecule has 3 rings (SSSR count).